The standard InChI is InChI=1S/C19H26ClFN2O/c20-16-9-15(10-17(21)11-16)19(24)23-12-14-7-18(8-14)22-6-5-13-3-1-2-4-13/h9-11,13-14,18,22H,1-8,12H2,(H,23,24). The number of hydrogen-bond donors (Lipinski definition) is 2. The summed E-state index contributed by atoms with van der Waals surface area (Å²) in [5.41, 5.74) is 0.283. The fourth-order valence-electron chi connectivity index (χ4n) is 3.88. The summed E-state index contributed by atoms with van der Waals surface area (Å²) >= 11 is 5.78. The molecule has 2 N–H and O–H groups in total. The molecule has 0 radical (unpaired) electrons. The average molecular weight is 353 g/mol. The third-order valence-electron chi connectivity index (χ3n) is 5.37. The normalized spacial score (nSPS) is 23.9. The van der Waals surface area contributed by atoms with Crippen molar-refractivity contribution in [1.29, 1.82) is 0 Å². The van der Waals surface area contributed by atoms with Gasteiger partial charge in [0.15, 0.2) is 0 Å². The van der Waals surface area contributed by atoms with Gasteiger partial charge >= 0.3 is 0 Å². The first-order chi connectivity index (χ1) is 11.6. The molecule has 3 nitrogen and oxygen atoms in total. The average Bonchev–Trinajstić information content (AvgIpc) is 3.00. The molecule has 0 aromatic heterocycles. The van der Waals surface area contributed by atoms with E-state index in [4.69, 9.17) is 11.6 Å². The first-order valence-electron chi connectivity index (χ1n) is 9.08. The fraction of sp³-hybridized carbons (Fsp3) is 0.632. The Balaban J connectivity index is 1.30. The molecular weight excluding hydrogens is 327 g/mol. The second-order valence-corrected chi connectivity index (χ2v) is 7.73. The molecule has 1 aromatic rings. The van der Waals surface area contributed by atoms with Gasteiger partial charge in [-0.25, -0.2) is 4.39 Å². The Kier molecular flexibility index (Phi) is 6.12. The van der Waals surface area contributed by atoms with E-state index in [9.17, 15) is 9.18 Å². The Labute approximate surface area is 148 Å². The van der Waals surface area contributed by atoms with Crippen molar-refractivity contribution in [2.45, 2.75) is 51.0 Å². The Morgan fingerprint density at radius 1 is 1.17 bits per heavy atom. The molecule has 0 saturated heterocycles. The summed E-state index contributed by atoms with van der Waals surface area (Å²) < 4.78 is 13.3. The number of rotatable bonds is 7. The molecule has 0 aliphatic heterocycles. The zero-order chi connectivity index (χ0) is 16.9. The van der Waals surface area contributed by atoms with Crippen molar-refractivity contribution in [2.75, 3.05) is 13.1 Å². The van der Waals surface area contributed by atoms with Crippen molar-refractivity contribution in [3.05, 3.63) is 34.6 Å². The molecule has 0 heterocycles. The monoisotopic (exact) mass is 352 g/mol. The van der Waals surface area contributed by atoms with Crippen LogP contribution in [0.15, 0.2) is 18.2 Å². The molecule has 1 amide bonds. The molecule has 132 valence electrons. The lowest BCUT2D eigenvalue weighted by atomic mass is 9.80. The van der Waals surface area contributed by atoms with Gasteiger partial charge in [-0.3, -0.25) is 4.79 Å². The van der Waals surface area contributed by atoms with E-state index in [1.165, 1.54) is 50.3 Å². The molecule has 5 heteroatoms. The molecular formula is C19H26ClFN2O. The van der Waals surface area contributed by atoms with Crippen molar-refractivity contribution < 1.29 is 9.18 Å². The van der Waals surface area contributed by atoms with Crippen LogP contribution in [0.25, 0.3) is 0 Å². The number of hydrogen-bond acceptors (Lipinski definition) is 2. The zero-order valence-corrected chi connectivity index (χ0v) is 14.7. The smallest absolute Gasteiger partial charge is 0.251 e. The number of amides is 1. The van der Waals surface area contributed by atoms with Gasteiger partial charge in [-0.2, -0.15) is 0 Å². The highest BCUT2D eigenvalue weighted by atomic mass is 35.5. The third-order valence-corrected chi connectivity index (χ3v) is 5.59. The van der Waals surface area contributed by atoms with E-state index < -0.39 is 5.82 Å². The van der Waals surface area contributed by atoms with Crippen LogP contribution in [0.2, 0.25) is 5.02 Å². The van der Waals surface area contributed by atoms with E-state index in [1.807, 2.05) is 0 Å². The zero-order valence-electron chi connectivity index (χ0n) is 14.0. The number of carbonyl (C=O) groups is 1. The second kappa shape index (κ2) is 8.30. The van der Waals surface area contributed by atoms with Crippen LogP contribution in [0.3, 0.4) is 0 Å². The summed E-state index contributed by atoms with van der Waals surface area (Å²) in [6.45, 7) is 1.77. The molecule has 0 spiro atoms. The maximum Gasteiger partial charge on any atom is 0.251 e. The Morgan fingerprint density at radius 2 is 1.92 bits per heavy atom. The minimum Gasteiger partial charge on any atom is -0.352 e. The van der Waals surface area contributed by atoms with Gasteiger partial charge in [-0.1, -0.05) is 37.3 Å². The number of nitrogens with one attached hydrogen (secondary N) is 2. The number of halogens is 2. The summed E-state index contributed by atoms with van der Waals surface area (Å²) in [7, 11) is 0. The lowest BCUT2D eigenvalue weighted by Gasteiger charge is -2.36. The first-order valence-corrected chi connectivity index (χ1v) is 9.45. The molecule has 2 aliphatic rings. The van der Waals surface area contributed by atoms with Crippen LogP contribution in [-0.2, 0) is 0 Å². The molecule has 2 saturated carbocycles. The van der Waals surface area contributed by atoms with Gasteiger partial charge in [-0.15, -0.1) is 0 Å². The topological polar surface area (TPSA) is 41.1 Å². The summed E-state index contributed by atoms with van der Waals surface area (Å²) in [6, 6.07) is 4.51. The number of carbonyl (C=O) groups excluding carboxylic acids is 1. The van der Waals surface area contributed by atoms with E-state index >= 15 is 0 Å². The van der Waals surface area contributed by atoms with E-state index in [1.54, 1.807) is 0 Å². The summed E-state index contributed by atoms with van der Waals surface area (Å²) in [5.74, 6) is 0.713. The van der Waals surface area contributed by atoms with Crippen molar-refractivity contribution >= 4 is 17.5 Å². The maximum atomic E-state index is 13.3. The summed E-state index contributed by atoms with van der Waals surface area (Å²) in [4.78, 5) is 12.0. The largest absolute Gasteiger partial charge is 0.352 e. The van der Waals surface area contributed by atoms with Crippen LogP contribution in [0.4, 0.5) is 4.39 Å². The molecule has 0 bridgehead atoms. The van der Waals surface area contributed by atoms with E-state index in [0.717, 1.165) is 25.3 Å². The van der Waals surface area contributed by atoms with Crippen molar-refractivity contribution in [1.82, 2.24) is 10.6 Å². The first kappa shape index (κ1) is 17.7. The van der Waals surface area contributed by atoms with Crippen LogP contribution in [0.1, 0.15) is 55.3 Å². The van der Waals surface area contributed by atoms with Gasteiger partial charge in [0.25, 0.3) is 5.91 Å². The van der Waals surface area contributed by atoms with E-state index in [2.05, 4.69) is 10.6 Å². The lowest BCUT2D eigenvalue weighted by molar-refractivity contribution is 0.0930. The molecule has 3 rings (SSSR count). The quantitative estimate of drug-likeness (QED) is 0.773. The minimum atomic E-state index is -0.483. The summed E-state index contributed by atoms with van der Waals surface area (Å²) in [5, 5.41) is 6.76. The molecule has 2 aliphatic carbocycles. The SMILES string of the molecule is O=C(NCC1CC(NCCC2CCCC2)C1)c1cc(F)cc(Cl)c1. The predicted octanol–water partition coefficient (Wildman–Crippen LogP) is 4.16. The Morgan fingerprint density at radius 3 is 2.62 bits per heavy atom. The highest BCUT2D eigenvalue weighted by molar-refractivity contribution is 6.31. The minimum absolute atomic E-state index is 0.246. The molecule has 24 heavy (non-hydrogen) atoms. The third kappa shape index (κ3) is 4.93. The molecule has 1 aromatic carbocycles. The number of benzene rings is 1. The van der Waals surface area contributed by atoms with Gasteiger partial charge in [0.05, 0.1) is 0 Å². The van der Waals surface area contributed by atoms with Gasteiger partial charge in [-0.05, 0) is 55.8 Å². The second-order valence-electron chi connectivity index (χ2n) is 7.30. The fourth-order valence-corrected chi connectivity index (χ4v) is 4.11. The highest BCUT2D eigenvalue weighted by Gasteiger charge is 2.29. The van der Waals surface area contributed by atoms with Crippen LogP contribution in [-0.4, -0.2) is 25.0 Å². The van der Waals surface area contributed by atoms with Gasteiger partial charge in [0, 0.05) is 23.2 Å². The predicted molar refractivity (Wildman–Crippen MR) is 94.8 cm³/mol. The van der Waals surface area contributed by atoms with Gasteiger partial charge < -0.3 is 10.6 Å². The lowest BCUT2D eigenvalue weighted by Crippen LogP contribution is -2.46. The molecule has 2 fully saturated rings. The molecule has 0 unspecified atom stereocenters. The van der Waals surface area contributed by atoms with Crippen LogP contribution >= 0.6 is 11.6 Å². The van der Waals surface area contributed by atoms with Crippen LogP contribution < -0.4 is 10.6 Å². The van der Waals surface area contributed by atoms with Gasteiger partial charge in [0.2, 0.25) is 0 Å². The van der Waals surface area contributed by atoms with E-state index in [-0.39, 0.29) is 16.5 Å². The maximum absolute atomic E-state index is 13.3. The molecule has 0 atom stereocenters. The van der Waals surface area contributed by atoms with Crippen molar-refractivity contribution in [3.63, 3.8) is 0 Å². The van der Waals surface area contributed by atoms with Crippen molar-refractivity contribution in [2.24, 2.45) is 11.8 Å². The van der Waals surface area contributed by atoms with Gasteiger partial charge in [0.1, 0.15) is 5.82 Å². The van der Waals surface area contributed by atoms with Crippen LogP contribution in [0.5, 0.6) is 0 Å². The van der Waals surface area contributed by atoms with Crippen molar-refractivity contribution in [3.8, 4) is 0 Å². The Hall–Kier alpha value is -1.13. The Bertz CT molecular complexity index is 548. The highest BCUT2D eigenvalue weighted by Crippen LogP contribution is 2.29. The van der Waals surface area contributed by atoms with E-state index in [0.29, 0.717) is 18.5 Å². The summed E-state index contributed by atoms with van der Waals surface area (Å²) in [6.07, 6.45) is 9.15. The van der Waals surface area contributed by atoms with Crippen LogP contribution in [0, 0.1) is 17.7 Å².